The fourth-order valence-corrected chi connectivity index (χ4v) is 3.86. The monoisotopic (exact) mass is 292 g/mol. The van der Waals surface area contributed by atoms with Gasteiger partial charge in [-0.15, -0.1) is 11.3 Å². The van der Waals surface area contributed by atoms with Crippen LogP contribution in [0.25, 0.3) is 0 Å². The number of nitrogens with one attached hydrogen (secondary N) is 2. The maximum atomic E-state index is 12.1. The summed E-state index contributed by atoms with van der Waals surface area (Å²) in [4.78, 5) is 24.7. The maximum Gasteiger partial charge on any atom is 0.261 e. The first-order valence-electron chi connectivity index (χ1n) is 7.31. The standard InChI is InChI=1S/C15H20N2O2S/c1-9(16-15(19)12-7-4-8-20-12)14(18)17-13-10-5-2-3-6-11(10)13/h4,7-11,13H,2-3,5-6H2,1H3,(H,16,19)(H,17,18). The fraction of sp³-hybridized carbons (Fsp3) is 0.600. The van der Waals surface area contributed by atoms with E-state index in [1.807, 2.05) is 11.4 Å². The lowest BCUT2D eigenvalue weighted by Gasteiger charge is -2.13. The van der Waals surface area contributed by atoms with E-state index < -0.39 is 6.04 Å². The number of fused-ring (bicyclic) bond motifs is 1. The molecule has 1 aromatic rings. The first-order chi connectivity index (χ1) is 9.66. The van der Waals surface area contributed by atoms with Crippen molar-refractivity contribution < 1.29 is 9.59 Å². The van der Waals surface area contributed by atoms with Gasteiger partial charge in [-0.3, -0.25) is 9.59 Å². The van der Waals surface area contributed by atoms with E-state index in [4.69, 9.17) is 0 Å². The summed E-state index contributed by atoms with van der Waals surface area (Å²) < 4.78 is 0. The molecule has 3 rings (SSSR count). The summed E-state index contributed by atoms with van der Waals surface area (Å²) >= 11 is 1.38. The number of amides is 2. The molecule has 20 heavy (non-hydrogen) atoms. The molecule has 5 heteroatoms. The summed E-state index contributed by atoms with van der Waals surface area (Å²) in [6.45, 7) is 1.74. The van der Waals surface area contributed by atoms with E-state index >= 15 is 0 Å². The number of hydrogen-bond donors (Lipinski definition) is 2. The summed E-state index contributed by atoms with van der Waals surface area (Å²) in [7, 11) is 0. The van der Waals surface area contributed by atoms with Crippen LogP contribution in [-0.2, 0) is 4.79 Å². The van der Waals surface area contributed by atoms with E-state index in [0.717, 1.165) is 0 Å². The molecule has 0 aliphatic heterocycles. The smallest absolute Gasteiger partial charge is 0.261 e. The Bertz CT molecular complexity index is 488. The normalized spacial score (nSPS) is 29.1. The second-order valence-corrected chi connectivity index (χ2v) is 6.77. The zero-order valence-corrected chi connectivity index (χ0v) is 12.4. The van der Waals surface area contributed by atoms with Crippen molar-refractivity contribution in [3.8, 4) is 0 Å². The summed E-state index contributed by atoms with van der Waals surface area (Å²) in [6.07, 6.45) is 5.06. The highest BCUT2D eigenvalue weighted by molar-refractivity contribution is 7.12. The summed E-state index contributed by atoms with van der Waals surface area (Å²) in [5, 5.41) is 7.71. The van der Waals surface area contributed by atoms with Crippen molar-refractivity contribution in [2.45, 2.75) is 44.7 Å². The van der Waals surface area contributed by atoms with Crippen LogP contribution in [0.1, 0.15) is 42.3 Å². The van der Waals surface area contributed by atoms with Gasteiger partial charge in [-0.05, 0) is 43.0 Å². The highest BCUT2D eigenvalue weighted by Crippen LogP contribution is 2.49. The molecule has 1 aromatic heterocycles. The van der Waals surface area contributed by atoms with Crippen LogP contribution >= 0.6 is 11.3 Å². The van der Waals surface area contributed by atoms with Crippen LogP contribution in [-0.4, -0.2) is 23.9 Å². The van der Waals surface area contributed by atoms with Crippen LogP contribution in [0.15, 0.2) is 17.5 Å². The number of thiophene rings is 1. The zero-order chi connectivity index (χ0) is 14.1. The average Bonchev–Trinajstić information content (AvgIpc) is 2.90. The maximum absolute atomic E-state index is 12.1. The Kier molecular flexibility index (Phi) is 3.78. The number of carbonyl (C=O) groups excluding carboxylic acids is 2. The lowest BCUT2D eigenvalue weighted by atomic mass is 10.0. The van der Waals surface area contributed by atoms with Gasteiger partial charge in [-0.25, -0.2) is 0 Å². The Labute approximate surface area is 122 Å². The fourth-order valence-electron chi connectivity index (χ4n) is 3.24. The molecular weight excluding hydrogens is 272 g/mol. The quantitative estimate of drug-likeness (QED) is 0.893. The molecule has 0 bridgehead atoms. The zero-order valence-electron chi connectivity index (χ0n) is 11.6. The molecule has 2 N–H and O–H groups in total. The molecule has 2 aliphatic rings. The summed E-state index contributed by atoms with van der Waals surface area (Å²) in [6, 6.07) is 3.47. The van der Waals surface area contributed by atoms with Crippen molar-refractivity contribution in [1.29, 1.82) is 0 Å². The van der Waals surface area contributed by atoms with Crippen LogP contribution in [0.5, 0.6) is 0 Å². The van der Waals surface area contributed by atoms with Crippen LogP contribution in [0.3, 0.4) is 0 Å². The van der Waals surface area contributed by atoms with Gasteiger partial charge in [0.05, 0.1) is 4.88 Å². The third kappa shape index (κ3) is 2.73. The number of hydrogen-bond acceptors (Lipinski definition) is 3. The first kappa shape index (κ1) is 13.6. The van der Waals surface area contributed by atoms with Crippen molar-refractivity contribution in [2.75, 3.05) is 0 Å². The molecule has 0 spiro atoms. The SMILES string of the molecule is CC(NC(=O)c1cccs1)C(=O)NC1C2CCCCC21. The van der Waals surface area contributed by atoms with Crippen LogP contribution in [0.2, 0.25) is 0 Å². The first-order valence-corrected chi connectivity index (χ1v) is 8.19. The minimum atomic E-state index is -0.479. The second-order valence-electron chi connectivity index (χ2n) is 5.82. The van der Waals surface area contributed by atoms with Gasteiger partial charge in [-0.1, -0.05) is 18.9 Å². The Morgan fingerprint density at radius 3 is 2.60 bits per heavy atom. The van der Waals surface area contributed by atoms with Gasteiger partial charge in [-0.2, -0.15) is 0 Å². The largest absolute Gasteiger partial charge is 0.351 e. The molecule has 0 saturated heterocycles. The molecule has 2 amide bonds. The van der Waals surface area contributed by atoms with Gasteiger partial charge >= 0.3 is 0 Å². The summed E-state index contributed by atoms with van der Waals surface area (Å²) in [5.74, 6) is 1.14. The van der Waals surface area contributed by atoms with Crippen molar-refractivity contribution in [1.82, 2.24) is 10.6 Å². The predicted octanol–water partition coefficient (Wildman–Crippen LogP) is 2.17. The van der Waals surface area contributed by atoms with Crippen LogP contribution in [0, 0.1) is 11.8 Å². The van der Waals surface area contributed by atoms with Crippen LogP contribution < -0.4 is 10.6 Å². The molecular formula is C15H20N2O2S. The van der Waals surface area contributed by atoms with E-state index in [2.05, 4.69) is 10.6 Å². The van der Waals surface area contributed by atoms with Crippen LogP contribution in [0.4, 0.5) is 0 Å². The minimum absolute atomic E-state index is 0.0608. The lowest BCUT2D eigenvalue weighted by Crippen LogP contribution is -2.45. The molecule has 0 aromatic carbocycles. The molecule has 4 nitrogen and oxygen atoms in total. The predicted molar refractivity (Wildman–Crippen MR) is 78.6 cm³/mol. The Morgan fingerprint density at radius 1 is 1.30 bits per heavy atom. The van der Waals surface area contributed by atoms with E-state index in [9.17, 15) is 9.59 Å². The topological polar surface area (TPSA) is 58.2 Å². The van der Waals surface area contributed by atoms with Gasteiger partial charge in [0, 0.05) is 6.04 Å². The molecule has 0 radical (unpaired) electrons. The van der Waals surface area contributed by atoms with Gasteiger partial charge in [0.25, 0.3) is 5.91 Å². The van der Waals surface area contributed by atoms with E-state index in [0.29, 0.717) is 22.8 Å². The molecule has 2 aliphatic carbocycles. The van der Waals surface area contributed by atoms with Crippen molar-refractivity contribution in [2.24, 2.45) is 11.8 Å². The minimum Gasteiger partial charge on any atom is -0.351 e. The van der Waals surface area contributed by atoms with E-state index in [1.54, 1.807) is 13.0 Å². The molecule has 2 fully saturated rings. The number of carbonyl (C=O) groups is 2. The van der Waals surface area contributed by atoms with Gasteiger partial charge < -0.3 is 10.6 Å². The second kappa shape index (κ2) is 5.56. The lowest BCUT2D eigenvalue weighted by molar-refractivity contribution is -0.122. The van der Waals surface area contributed by atoms with Gasteiger partial charge in [0.2, 0.25) is 5.91 Å². The summed E-state index contributed by atoms with van der Waals surface area (Å²) in [5.41, 5.74) is 0. The van der Waals surface area contributed by atoms with Crippen molar-refractivity contribution >= 4 is 23.2 Å². The molecule has 3 unspecified atom stereocenters. The molecule has 108 valence electrons. The Morgan fingerprint density at radius 2 is 2.00 bits per heavy atom. The Balaban J connectivity index is 1.49. The Hall–Kier alpha value is -1.36. The number of rotatable bonds is 4. The van der Waals surface area contributed by atoms with E-state index in [-0.39, 0.29) is 11.8 Å². The third-order valence-electron chi connectivity index (χ3n) is 4.45. The van der Waals surface area contributed by atoms with Crippen molar-refractivity contribution in [3.63, 3.8) is 0 Å². The average molecular weight is 292 g/mol. The van der Waals surface area contributed by atoms with Gasteiger partial charge in [0.1, 0.15) is 6.04 Å². The van der Waals surface area contributed by atoms with Gasteiger partial charge in [0.15, 0.2) is 0 Å². The van der Waals surface area contributed by atoms with Crippen molar-refractivity contribution in [3.05, 3.63) is 22.4 Å². The molecule has 3 atom stereocenters. The third-order valence-corrected chi connectivity index (χ3v) is 5.32. The molecule has 1 heterocycles. The molecule has 2 saturated carbocycles. The highest BCUT2D eigenvalue weighted by Gasteiger charge is 2.51. The highest BCUT2D eigenvalue weighted by atomic mass is 32.1. The van der Waals surface area contributed by atoms with E-state index in [1.165, 1.54) is 37.0 Å².